The number of ether oxygens (including phenoxy) is 1. The highest BCUT2D eigenvalue weighted by molar-refractivity contribution is 7.90. The van der Waals surface area contributed by atoms with Gasteiger partial charge in [-0.25, -0.2) is 13.4 Å². The highest BCUT2D eigenvalue weighted by Gasteiger charge is 2.22. The number of allylic oxidation sites excluding steroid dienone is 1. The molecule has 0 atom stereocenters. The van der Waals surface area contributed by atoms with Gasteiger partial charge >= 0.3 is 0 Å². The number of benzene rings is 1. The number of anilines is 1. The van der Waals surface area contributed by atoms with Gasteiger partial charge < -0.3 is 9.64 Å². The molecule has 33 heavy (non-hydrogen) atoms. The Morgan fingerprint density at radius 1 is 1.06 bits per heavy atom. The molecule has 8 nitrogen and oxygen atoms in total. The lowest BCUT2D eigenvalue weighted by molar-refractivity contribution is 0.170. The van der Waals surface area contributed by atoms with E-state index in [2.05, 4.69) is 14.9 Å². The monoisotopic (exact) mass is 466 g/mol. The third-order valence-corrected chi connectivity index (χ3v) is 6.63. The number of rotatable bonds is 6. The van der Waals surface area contributed by atoms with Gasteiger partial charge in [-0.2, -0.15) is 0 Å². The average molecular weight is 467 g/mol. The first-order chi connectivity index (χ1) is 15.8. The summed E-state index contributed by atoms with van der Waals surface area (Å²) >= 11 is 0. The summed E-state index contributed by atoms with van der Waals surface area (Å²) in [6, 6.07) is 9.43. The molecule has 0 aliphatic carbocycles. The minimum atomic E-state index is -3.28. The Labute approximate surface area is 193 Å². The third-order valence-electron chi connectivity index (χ3n) is 5.50. The lowest BCUT2D eigenvalue weighted by Gasteiger charge is -2.32. The molecule has 1 fully saturated rings. The Hall–Kier alpha value is -3.46. The van der Waals surface area contributed by atoms with Gasteiger partial charge in [-0.05, 0) is 43.3 Å². The van der Waals surface area contributed by atoms with E-state index in [9.17, 15) is 13.2 Å². The maximum Gasteiger partial charge on any atom is 0.258 e. The second-order valence-electron chi connectivity index (χ2n) is 7.94. The Morgan fingerprint density at radius 3 is 2.36 bits per heavy atom. The molecule has 0 N–H and O–H groups in total. The van der Waals surface area contributed by atoms with E-state index in [1.807, 2.05) is 19.1 Å². The molecule has 1 aliphatic heterocycles. The molecule has 0 amide bonds. The van der Waals surface area contributed by atoms with E-state index in [1.165, 1.54) is 22.8 Å². The lowest BCUT2D eigenvalue weighted by Crippen LogP contribution is -2.38. The summed E-state index contributed by atoms with van der Waals surface area (Å²) in [5, 5.41) is 0. The summed E-state index contributed by atoms with van der Waals surface area (Å²) in [5.74, 6) is 1.38. The predicted octanol–water partition coefficient (Wildman–Crippen LogP) is 3.11. The zero-order valence-corrected chi connectivity index (χ0v) is 19.4. The number of pyridine rings is 1. The largest absolute Gasteiger partial charge is 0.490 e. The molecule has 0 radical (unpaired) electrons. The van der Waals surface area contributed by atoms with Crippen molar-refractivity contribution in [3.05, 3.63) is 77.1 Å². The average Bonchev–Trinajstić information content (AvgIpc) is 2.80. The number of hydrogen-bond donors (Lipinski definition) is 0. The van der Waals surface area contributed by atoms with E-state index in [4.69, 9.17) is 4.74 Å². The van der Waals surface area contributed by atoms with Gasteiger partial charge in [-0.1, -0.05) is 6.08 Å². The topological polar surface area (TPSA) is 94.4 Å². The predicted molar refractivity (Wildman–Crippen MR) is 128 cm³/mol. The molecule has 2 aromatic heterocycles. The van der Waals surface area contributed by atoms with Crippen LogP contribution >= 0.6 is 0 Å². The molecule has 0 unspecified atom stereocenters. The van der Waals surface area contributed by atoms with Crippen LogP contribution in [0, 0.1) is 0 Å². The summed E-state index contributed by atoms with van der Waals surface area (Å²) in [6.07, 6.45) is 11.8. The van der Waals surface area contributed by atoms with Crippen LogP contribution in [-0.2, 0) is 9.84 Å². The van der Waals surface area contributed by atoms with Crippen molar-refractivity contribution in [3.63, 3.8) is 0 Å². The second kappa shape index (κ2) is 9.58. The fourth-order valence-electron chi connectivity index (χ4n) is 3.75. The molecular formula is C24H26N4O4S. The van der Waals surface area contributed by atoms with E-state index >= 15 is 0 Å². The van der Waals surface area contributed by atoms with Crippen molar-refractivity contribution in [2.75, 3.05) is 24.2 Å². The van der Waals surface area contributed by atoms with Crippen LogP contribution < -0.4 is 15.2 Å². The molecule has 3 aromatic rings. The molecule has 1 aliphatic rings. The summed E-state index contributed by atoms with van der Waals surface area (Å²) in [4.78, 5) is 23.9. The number of nitrogens with zero attached hydrogens (tertiary/aromatic N) is 4. The van der Waals surface area contributed by atoms with Crippen molar-refractivity contribution in [2.45, 2.75) is 30.8 Å². The Kier molecular flexibility index (Phi) is 6.60. The fourth-order valence-corrected chi connectivity index (χ4v) is 4.38. The van der Waals surface area contributed by atoms with Crippen molar-refractivity contribution in [2.24, 2.45) is 0 Å². The SMILES string of the molecule is CC=Cc1cnc(N2CCC(Oc3ccn(-c4ccc(S(C)(=O)=O)cc4)c(=O)c3)CC2)cn1. The van der Waals surface area contributed by atoms with Crippen molar-refractivity contribution in [1.82, 2.24) is 14.5 Å². The van der Waals surface area contributed by atoms with Gasteiger partial charge in [0.2, 0.25) is 0 Å². The zero-order chi connectivity index (χ0) is 23.4. The number of hydrogen-bond acceptors (Lipinski definition) is 7. The third kappa shape index (κ3) is 5.48. The van der Waals surface area contributed by atoms with Gasteiger partial charge in [0.25, 0.3) is 5.56 Å². The Bertz CT molecular complexity index is 1290. The molecule has 1 saturated heterocycles. The second-order valence-corrected chi connectivity index (χ2v) is 9.96. The van der Waals surface area contributed by atoms with Crippen LogP contribution in [0.4, 0.5) is 5.82 Å². The van der Waals surface area contributed by atoms with Gasteiger partial charge in [0, 0.05) is 50.1 Å². The molecule has 0 bridgehead atoms. The van der Waals surface area contributed by atoms with Crippen LogP contribution in [-0.4, -0.2) is 48.4 Å². The van der Waals surface area contributed by atoms with Gasteiger partial charge in [-0.15, -0.1) is 0 Å². The minimum absolute atomic E-state index is 0.0146. The van der Waals surface area contributed by atoms with Crippen LogP contribution in [0.2, 0.25) is 0 Å². The molecule has 0 spiro atoms. The summed E-state index contributed by atoms with van der Waals surface area (Å²) in [5.41, 5.74) is 1.18. The van der Waals surface area contributed by atoms with Gasteiger partial charge in [-0.3, -0.25) is 14.3 Å². The molecule has 4 rings (SSSR count). The summed E-state index contributed by atoms with van der Waals surface area (Å²) in [6.45, 7) is 3.54. The first kappa shape index (κ1) is 22.7. The number of sulfone groups is 1. The first-order valence-corrected chi connectivity index (χ1v) is 12.6. The molecular weight excluding hydrogens is 440 g/mol. The molecule has 9 heteroatoms. The van der Waals surface area contributed by atoms with E-state index in [-0.39, 0.29) is 16.6 Å². The molecule has 172 valence electrons. The Morgan fingerprint density at radius 2 is 1.79 bits per heavy atom. The van der Waals surface area contributed by atoms with Crippen molar-refractivity contribution in [3.8, 4) is 11.4 Å². The minimum Gasteiger partial charge on any atom is -0.490 e. The normalized spacial score (nSPS) is 15.2. The van der Waals surface area contributed by atoms with Crippen LogP contribution in [0.1, 0.15) is 25.5 Å². The fraction of sp³-hybridized carbons (Fsp3) is 0.292. The van der Waals surface area contributed by atoms with Crippen molar-refractivity contribution in [1.29, 1.82) is 0 Å². The van der Waals surface area contributed by atoms with Crippen LogP contribution in [0.3, 0.4) is 0 Å². The van der Waals surface area contributed by atoms with Gasteiger partial charge in [0.15, 0.2) is 9.84 Å². The van der Waals surface area contributed by atoms with E-state index < -0.39 is 9.84 Å². The zero-order valence-electron chi connectivity index (χ0n) is 18.6. The van der Waals surface area contributed by atoms with Crippen LogP contribution in [0.15, 0.2) is 70.8 Å². The Balaban J connectivity index is 1.37. The maximum atomic E-state index is 12.6. The smallest absolute Gasteiger partial charge is 0.258 e. The molecule has 1 aromatic carbocycles. The summed E-state index contributed by atoms with van der Waals surface area (Å²) < 4.78 is 30.8. The van der Waals surface area contributed by atoms with Crippen LogP contribution in [0.25, 0.3) is 11.8 Å². The van der Waals surface area contributed by atoms with Gasteiger partial charge in [0.05, 0.1) is 23.0 Å². The highest BCUT2D eigenvalue weighted by atomic mass is 32.2. The van der Waals surface area contributed by atoms with Gasteiger partial charge in [0.1, 0.15) is 17.7 Å². The van der Waals surface area contributed by atoms with E-state index in [1.54, 1.807) is 36.8 Å². The summed E-state index contributed by atoms with van der Waals surface area (Å²) in [7, 11) is -3.28. The molecule has 3 heterocycles. The van der Waals surface area contributed by atoms with Crippen molar-refractivity contribution < 1.29 is 13.2 Å². The molecule has 0 saturated carbocycles. The van der Waals surface area contributed by atoms with Crippen molar-refractivity contribution >= 4 is 21.7 Å². The van der Waals surface area contributed by atoms with E-state index in [0.717, 1.165) is 43.7 Å². The van der Waals surface area contributed by atoms with E-state index in [0.29, 0.717) is 11.4 Å². The number of aromatic nitrogens is 3. The number of piperidine rings is 1. The lowest BCUT2D eigenvalue weighted by atomic mass is 10.1. The maximum absolute atomic E-state index is 12.6. The first-order valence-electron chi connectivity index (χ1n) is 10.7. The van der Waals surface area contributed by atoms with Crippen LogP contribution in [0.5, 0.6) is 5.75 Å². The quantitative estimate of drug-likeness (QED) is 0.551. The highest BCUT2D eigenvalue weighted by Crippen LogP contribution is 2.22. The standard InChI is InChI=1S/C24H26N4O4S/c1-3-4-18-16-26-23(17-25-18)27-12-9-20(10-13-27)32-21-11-14-28(24(29)15-21)19-5-7-22(8-6-19)33(2,30)31/h3-8,11,14-17,20H,9-10,12-13H2,1-2H3.